The first kappa shape index (κ1) is 24.4. The Morgan fingerprint density at radius 3 is 2.20 bits per heavy atom. The molecular weight excluding hydrogens is 422 g/mol. The highest BCUT2D eigenvalue weighted by Crippen LogP contribution is 2.51. The van der Waals surface area contributed by atoms with E-state index in [1.807, 2.05) is 0 Å². The fourth-order valence-electron chi connectivity index (χ4n) is 2.73. The van der Waals surface area contributed by atoms with E-state index in [1.165, 1.54) is 12.1 Å². The molecule has 0 saturated carbocycles. The number of aliphatic carboxylic acids is 1. The zero-order valence-corrected chi connectivity index (χ0v) is 18.0. The monoisotopic (exact) mass is 448 g/mol. The van der Waals surface area contributed by atoms with Crippen molar-refractivity contribution in [2.75, 3.05) is 6.35 Å². The lowest BCUT2D eigenvalue weighted by Crippen LogP contribution is -2.38. The molecule has 0 spiro atoms. The number of ether oxygens (including phenoxy) is 3. The molecule has 1 aromatic rings. The predicted molar refractivity (Wildman–Crippen MR) is 103 cm³/mol. The first-order chi connectivity index (χ1) is 14.0. The second kappa shape index (κ2) is 10.5. The third kappa shape index (κ3) is 6.58. The van der Waals surface area contributed by atoms with Gasteiger partial charge in [-0.25, -0.2) is 14.0 Å². The summed E-state index contributed by atoms with van der Waals surface area (Å²) in [4.78, 5) is 23.7. The number of hydrogen-bond acceptors (Lipinski definition) is 8. The highest BCUT2D eigenvalue weighted by atomic mass is 31.2. The van der Waals surface area contributed by atoms with Gasteiger partial charge in [0.15, 0.2) is 31.0 Å². The zero-order chi connectivity index (χ0) is 22.5. The van der Waals surface area contributed by atoms with Gasteiger partial charge in [0.25, 0.3) is 0 Å². The number of carboxylic acids is 1. The van der Waals surface area contributed by atoms with Crippen molar-refractivity contribution < 1.29 is 46.9 Å². The maximum absolute atomic E-state index is 14.9. The van der Waals surface area contributed by atoms with Crippen molar-refractivity contribution in [2.45, 2.75) is 64.6 Å². The van der Waals surface area contributed by atoms with E-state index in [4.69, 9.17) is 23.3 Å². The Kier molecular flexibility index (Phi) is 8.52. The fourth-order valence-corrected chi connectivity index (χ4v) is 4.52. The van der Waals surface area contributed by atoms with Crippen molar-refractivity contribution in [3.8, 4) is 0 Å². The number of benzene rings is 1. The molecule has 168 valence electrons. The number of carbonyl (C=O) groups is 2. The molecule has 1 fully saturated rings. The topological polar surface area (TPSA) is 118 Å². The van der Waals surface area contributed by atoms with Gasteiger partial charge >= 0.3 is 19.5 Å². The predicted octanol–water partition coefficient (Wildman–Crippen LogP) is 3.38. The van der Waals surface area contributed by atoms with Crippen molar-refractivity contribution in [2.24, 2.45) is 0 Å². The van der Waals surface area contributed by atoms with Gasteiger partial charge in [-0.15, -0.1) is 0 Å². The zero-order valence-electron chi connectivity index (χ0n) is 17.1. The second-order valence-electron chi connectivity index (χ2n) is 7.16. The van der Waals surface area contributed by atoms with Crippen LogP contribution in [0, 0.1) is 0 Å². The van der Waals surface area contributed by atoms with Crippen molar-refractivity contribution in [1.82, 2.24) is 0 Å². The Balaban J connectivity index is 2.09. The lowest BCUT2D eigenvalue weighted by atomic mass is 10.1. The number of hydrogen-bond donors (Lipinski definition) is 1. The summed E-state index contributed by atoms with van der Waals surface area (Å²) in [6, 6.07) is 7.72. The molecule has 1 heterocycles. The Hall–Kier alpha value is -1.84. The summed E-state index contributed by atoms with van der Waals surface area (Å²) >= 11 is 0. The maximum Gasteiger partial charge on any atom is 0.356 e. The van der Waals surface area contributed by atoms with Gasteiger partial charge in [-0.3, -0.25) is 4.57 Å². The minimum absolute atomic E-state index is 0.123. The van der Waals surface area contributed by atoms with Crippen LogP contribution >= 0.6 is 7.60 Å². The van der Waals surface area contributed by atoms with Crippen LogP contribution < -0.4 is 0 Å². The van der Waals surface area contributed by atoms with E-state index in [9.17, 15) is 23.7 Å². The van der Waals surface area contributed by atoms with E-state index in [2.05, 4.69) is 0 Å². The summed E-state index contributed by atoms with van der Waals surface area (Å²) in [5.74, 6) is -2.44. The molecule has 4 atom stereocenters. The Morgan fingerprint density at radius 1 is 1.13 bits per heavy atom. The molecule has 1 saturated heterocycles. The van der Waals surface area contributed by atoms with E-state index in [-0.39, 0.29) is 5.56 Å². The lowest BCUT2D eigenvalue weighted by molar-refractivity contribution is -0.172. The summed E-state index contributed by atoms with van der Waals surface area (Å²) < 4.78 is 53.6. The average Bonchev–Trinajstić information content (AvgIpc) is 2.95. The van der Waals surface area contributed by atoms with Gasteiger partial charge in [0, 0.05) is 0 Å². The van der Waals surface area contributed by atoms with Crippen molar-refractivity contribution in [1.29, 1.82) is 0 Å². The van der Waals surface area contributed by atoms with E-state index >= 15 is 0 Å². The molecule has 30 heavy (non-hydrogen) atoms. The van der Waals surface area contributed by atoms with Crippen molar-refractivity contribution in [3.63, 3.8) is 0 Å². The second-order valence-corrected chi connectivity index (χ2v) is 9.06. The quantitative estimate of drug-likeness (QED) is 0.424. The minimum atomic E-state index is -3.77. The molecule has 1 N–H and O–H groups in total. The Bertz CT molecular complexity index is 757. The third-order valence-electron chi connectivity index (χ3n) is 3.79. The highest BCUT2D eigenvalue weighted by Gasteiger charge is 2.52. The molecule has 9 nitrogen and oxygen atoms in total. The number of rotatable bonds is 10. The van der Waals surface area contributed by atoms with Gasteiger partial charge in [0.1, 0.15) is 0 Å². The van der Waals surface area contributed by atoms with Crippen LogP contribution in [0.5, 0.6) is 0 Å². The molecular formula is C19H26FO9P. The number of halogens is 1. The van der Waals surface area contributed by atoms with Crippen LogP contribution in [0.3, 0.4) is 0 Å². The fraction of sp³-hybridized carbons (Fsp3) is 0.579. The molecule has 0 amide bonds. The lowest BCUT2D eigenvalue weighted by Gasteiger charge is -2.24. The molecule has 0 unspecified atom stereocenters. The average molecular weight is 448 g/mol. The molecule has 0 radical (unpaired) electrons. The largest absolute Gasteiger partial charge is 0.479 e. The smallest absolute Gasteiger partial charge is 0.356 e. The summed E-state index contributed by atoms with van der Waals surface area (Å²) in [6.45, 7) is 6.56. The molecule has 0 aliphatic carbocycles. The minimum Gasteiger partial charge on any atom is -0.479 e. The van der Waals surface area contributed by atoms with Crippen LogP contribution in [0.25, 0.3) is 0 Å². The molecule has 0 aromatic heterocycles. The number of carboxylic acid groups (broad SMARTS) is 1. The Morgan fingerprint density at radius 2 is 1.70 bits per heavy atom. The molecule has 1 aromatic carbocycles. The van der Waals surface area contributed by atoms with E-state index < -0.39 is 62.8 Å². The third-order valence-corrected chi connectivity index (χ3v) is 5.74. The SMILES string of the molecule is CC(C)OP(=O)(CO[C@H]1O[C@H](C(=O)O)[C@H](OC(=O)c2ccccc2)[C@@H]1F)OC(C)C. The van der Waals surface area contributed by atoms with Gasteiger partial charge in [0.2, 0.25) is 0 Å². The molecule has 11 heteroatoms. The van der Waals surface area contributed by atoms with Gasteiger partial charge in [-0.2, -0.15) is 0 Å². The first-order valence-electron chi connectivity index (χ1n) is 9.38. The normalized spacial score (nSPS) is 24.4. The van der Waals surface area contributed by atoms with Crippen molar-refractivity contribution in [3.05, 3.63) is 35.9 Å². The van der Waals surface area contributed by atoms with Crippen LogP contribution in [0.4, 0.5) is 4.39 Å². The summed E-state index contributed by atoms with van der Waals surface area (Å²) in [7, 11) is -3.77. The van der Waals surface area contributed by atoms with E-state index in [1.54, 1.807) is 45.9 Å². The van der Waals surface area contributed by atoms with Crippen LogP contribution in [0.15, 0.2) is 30.3 Å². The Labute approximate surface area is 173 Å². The summed E-state index contributed by atoms with van der Waals surface area (Å²) in [5, 5.41) is 9.33. The van der Waals surface area contributed by atoms with Crippen molar-refractivity contribution >= 4 is 19.5 Å². The van der Waals surface area contributed by atoms with Crippen LogP contribution in [-0.2, 0) is 32.6 Å². The van der Waals surface area contributed by atoms with Crippen LogP contribution in [-0.4, -0.2) is 60.3 Å². The van der Waals surface area contributed by atoms with Gasteiger partial charge in [-0.05, 0) is 39.8 Å². The standard InChI is InChI=1S/C19H26FO9P/c1-11(2)28-30(24,29-12(3)4)10-25-19-14(20)15(16(27-19)17(21)22)26-18(23)13-8-6-5-7-9-13/h5-9,11-12,14-16,19H,10H2,1-4H3,(H,21,22)/t14-,15+,16-,19-/m0/s1. The number of esters is 1. The highest BCUT2D eigenvalue weighted by molar-refractivity contribution is 7.53. The molecule has 2 rings (SSSR count). The summed E-state index contributed by atoms with van der Waals surface area (Å²) in [5.41, 5.74) is 0.123. The van der Waals surface area contributed by atoms with Gasteiger partial charge in [-0.1, -0.05) is 18.2 Å². The first-order valence-corrected chi connectivity index (χ1v) is 11.1. The van der Waals surface area contributed by atoms with E-state index in [0.717, 1.165) is 0 Å². The van der Waals surface area contributed by atoms with Gasteiger partial charge in [0.05, 0.1) is 17.8 Å². The maximum atomic E-state index is 14.9. The molecule has 1 aliphatic rings. The van der Waals surface area contributed by atoms with Crippen LogP contribution in [0.1, 0.15) is 38.1 Å². The van der Waals surface area contributed by atoms with Gasteiger partial charge < -0.3 is 28.4 Å². The number of carbonyl (C=O) groups excluding carboxylic acids is 1. The summed E-state index contributed by atoms with van der Waals surface area (Å²) in [6.07, 6.45) is -9.01. The van der Waals surface area contributed by atoms with Crippen LogP contribution in [0.2, 0.25) is 0 Å². The molecule has 1 aliphatic heterocycles. The molecule has 0 bridgehead atoms. The van der Waals surface area contributed by atoms with E-state index in [0.29, 0.717) is 0 Å². The number of alkyl halides is 1.